The van der Waals surface area contributed by atoms with Gasteiger partial charge in [0.2, 0.25) is 6.41 Å². The minimum atomic E-state index is -0.708. The Hall–Kier alpha value is -4.46. The average molecular weight is 606 g/mol. The molecule has 2 aromatic heterocycles. The summed E-state index contributed by atoms with van der Waals surface area (Å²) in [5.41, 5.74) is 4.04. The van der Waals surface area contributed by atoms with Crippen LogP contribution in [0.15, 0.2) is 48.7 Å². The smallest absolute Gasteiger partial charge is 0.280 e. The number of amides is 2. The number of benzene rings is 2. The number of carbonyl (C=O) groups excluding carboxylic acids is 2. The van der Waals surface area contributed by atoms with Crippen molar-refractivity contribution >= 4 is 52.7 Å². The molecule has 42 heavy (non-hydrogen) atoms. The maximum absolute atomic E-state index is 15.4. The number of hydrogen-bond acceptors (Lipinski definition) is 5. The predicted octanol–water partition coefficient (Wildman–Crippen LogP) is 6.71. The lowest BCUT2D eigenvalue weighted by molar-refractivity contribution is -0.105. The fourth-order valence-electron chi connectivity index (χ4n) is 5.45. The zero-order valence-corrected chi connectivity index (χ0v) is 24.7. The van der Waals surface area contributed by atoms with Crippen LogP contribution < -0.4 is 10.2 Å². The van der Waals surface area contributed by atoms with E-state index in [1.165, 1.54) is 27.9 Å². The van der Waals surface area contributed by atoms with Crippen molar-refractivity contribution in [2.24, 2.45) is 0 Å². The Morgan fingerprint density at radius 2 is 2.02 bits per heavy atom. The molecule has 3 heterocycles. The molecule has 2 amide bonds. The summed E-state index contributed by atoms with van der Waals surface area (Å²) in [5, 5.41) is 21.5. The summed E-state index contributed by atoms with van der Waals surface area (Å²) in [6, 6.07) is 11.2. The van der Waals surface area contributed by atoms with E-state index in [0.717, 1.165) is 16.8 Å². The third-order valence-electron chi connectivity index (χ3n) is 7.25. The normalized spacial score (nSPS) is 14.8. The van der Waals surface area contributed by atoms with Gasteiger partial charge in [-0.3, -0.25) is 19.2 Å². The van der Waals surface area contributed by atoms with Crippen LogP contribution in [0.2, 0.25) is 10.0 Å². The van der Waals surface area contributed by atoms with Gasteiger partial charge in [0.1, 0.15) is 11.6 Å². The number of carbonyl (C=O) groups is 2. The first-order valence-electron chi connectivity index (χ1n) is 13.1. The molecule has 0 aliphatic carbocycles. The monoisotopic (exact) mass is 605 g/mol. The first-order valence-corrected chi connectivity index (χ1v) is 13.9. The molecule has 0 fully saturated rings. The second-order valence-electron chi connectivity index (χ2n) is 10.1. The maximum Gasteiger partial charge on any atom is 0.280 e. The number of nitriles is 1. The minimum Gasteiger partial charge on any atom is -0.312 e. The third kappa shape index (κ3) is 4.74. The van der Waals surface area contributed by atoms with Crippen LogP contribution in [-0.4, -0.2) is 31.9 Å². The molecule has 12 heteroatoms. The predicted molar refractivity (Wildman–Crippen MR) is 159 cm³/mol. The van der Waals surface area contributed by atoms with Gasteiger partial charge in [0.15, 0.2) is 17.3 Å². The van der Waals surface area contributed by atoms with Crippen molar-refractivity contribution in [1.29, 1.82) is 5.26 Å². The van der Waals surface area contributed by atoms with E-state index in [2.05, 4.69) is 10.4 Å². The molecule has 0 radical (unpaired) electrons. The van der Waals surface area contributed by atoms with E-state index in [9.17, 15) is 14.9 Å². The van der Waals surface area contributed by atoms with Crippen molar-refractivity contribution in [3.63, 3.8) is 0 Å². The summed E-state index contributed by atoms with van der Waals surface area (Å²) in [6.07, 6.45) is 3.63. The molecule has 1 atom stereocenters. The lowest BCUT2D eigenvalue weighted by atomic mass is 9.92. The first-order chi connectivity index (χ1) is 20.1. The molecule has 9 nitrogen and oxygen atoms in total. The van der Waals surface area contributed by atoms with Crippen molar-refractivity contribution in [1.82, 2.24) is 19.6 Å². The van der Waals surface area contributed by atoms with Gasteiger partial charge in [0.05, 0.1) is 35.2 Å². The highest BCUT2D eigenvalue weighted by Crippen LogP contribution is 2.47. The highest BCUT2D eigenvalue weighted by atomic mass is 35.5. The van der Waals surface area contributed by atoms with Crippen molar-refractivity contribution in [3.05, 3.63) is 98.2 Å². The van der Waals surface area contributed by atoms with Crippen LogP contribution in [-0.2, 0) is 11.3 Å². The lowest BCUT2D eigenvalue weighted by Crippen LogP contribution is -2.31. The highest BCUT2D eigenvalue weighted by molar-refractivity contribution is 6.31. The van der Waals surface area contributed by atoms with Crippen molar-refractivity contribution < 1.29 is 14.0 Å². The maximum atomic E-state index is 15.4. The quantitative estimate of drug-likeness (QED) is 0.224. The largest absolute Gasteiger partial charge is 0.312 e. The number of aromatic nitrogens is 4. The molecular weight excluding hydrogens is 580 g/mol. The Bertz CT molecular complexity index is 1800. The van der Waals surface area contributed by atoms with E-state index in [1.54, 1.807) is 35.9 Å². The first kappa shape index (κ1) is 29.0. The van der Waals surface area contributed by atoms with E-state index in [1.807, 2.05) is 32.9 Å². The van der Waals surface area contributed by atoms with Crippen LogP contribution in [0.25, 0.3) is 5.70 Å². The van der Waals surface area contributed by atoms with Crippen LogP contribution >= 0.6 is 23.2 Å². The standard InChI is InChI=1S/C30H26Cl2FN7O2/c1-5-20(40-29(35-15-41)18(12-34)13-36-40)14-38-27(16(2)3)24-26(37-38)30(42)39(23-8-6-7-22(32)25(23)33)28(24)21-10-9-19(31)11-17(21)4/h5-11,13,15-16,28H,14H2,1-4H3,(H,35,41)/b20-5-. The second-order valence-corrected chi connectivity index (χ2v) is 10.9. The summed E-state index contributed by atoms with van der Waals surface area (Å²) in [7, 11) is 0. The summed E-state index contributed by atoms with van der Waals surface area (Å²) in [6.45, 7) is 7.84. The van der Waals surface area contributed by atoms with E-state index in [0.29, 0.717) is 22.7 Å². The minimum absolute atomic E-state index is 0.0467. The molecule has 0 spiro atoms. The Kier molecular flexibility index (Phi) is 7.91. The van der Waals surface area contributed by atoms with Crippen LogP contribution in [0.4, 0.5) is 15.9 Å². The number of aryl methyl sites for hydroxylation is 1. The van der Waals surface area contributed by atoms with Crippen molar-refractivity contribution in [2.75, 3.05) is 10.2 Å². The number of allylic oxidation sites excluding steroid dienone is 2. The second kappa shape index (κ2) is 11.4. The van der Waals surface area contributed by atoms with E-state index < -0.39 is 17.8 Å². The number of nitrogens with zero attached hydrogens (tertiary/aromatic N) is 6. The molecular formula is C30H26Cl2FN7O2. The Labute approximate surface area is 251 Å². The van der Waals surface area contributed by atoms with Crippen LogP contribution in [0.5, 0.6) is 0 Å². The molecule has 2 aromatic carbocycles. The Balaban J connectivity index is 1.71. The van der Waals surface area contributed by atoms with Crippen molar-refractivity contribution in [2.45, 2.75) is 46.2 Å². The SMILES string of the molecule is C/C=C(/Cn1nc2c(c1C(C)C)C(c1ccc(Cl)cc1C)N(c1cccc(Cl)c1F)C2=O)n1ncc(C#N)c1NC=O. The van der Waals surface area contributed by atoms with E-state index >= 15 is 4.39 Å². The molecule has 1 aliphatic heterocycles. The zero-order valence-electron chi connectivity index (χ0n) is 23.2. The summed E-state index contributed by atoms with van der Waals surface area (Å²) in [4.78, 5) is 26.8. The van der Waals surface area contributed by atoms with Gasteiger partial charge in [-0.25, -0.2) is 9.07 Å². The van der Waals surface area contributed by atoms with E-state index in [-0.39, 0.29) is 40.2 Å². The topological polar surface area (TPSA) is 109 Å². The summed E-state index contributed by atoms with van der Waals surface area (Å²) >= 11 is 12.4. The van der Waals surface area contributed by atoms with Gasteiger partial charge >= 0.3 is 0 Å². The summed E-state index contributed by atoms with van der Waals surface area (Å²) in [5.74, 6) is -1.06. The van der Waals surface area contributed by atoms with Crippen molar-refractivity contribution in [3.8, 4) is 6.07 Å². The van der Waals surface area contributed by atoms with Gasteiger partial charge in [0, 0.05) is 16.3 Å². The summed E-state index contributed by atoms with van der Waals surface area (Å²) < 4.78 is 18.6. The van der Waals surface area contributed by atoms with Gasteiger partial charge in [-0.2, -0.15) is 15.5 Å². The van der Waals surface area contributed by atoms with Crippen LogP contribution in [0.3, 0.4) is 0 Å². The fourth-order valence-corrected chi connectivity index (χ4v) is 5.85. The molecule has 1 N–H and O–H groups in total. The fraction of sp³-hybridized carbons (Fsp3) is 0.233. The Morgan fingerprint density at radius 3 is 2.67 bits per heavy atom. The number of halogens is 3. The van der Waals surface area contributed by atoms with Crippen LogP contribution in [0, 0.1) is 24.1 Å². The number of hydrogen-bond donors (Lipinski definition) is 1. The number of fused-ring (bicyclic) bond motifs is 1. The number of rotatable bonds is 8. The molecule has 5 rings (SSSR count). The third-order valence-corrected chi connectivity index (χ3v) is 7.78. The molecule has 0 bridgehead atoms. The highest BCUT2D eigenvalue weighted by Gasteiger charge is 2.46. The van der Waals surface area contributed by atoms with Gasteiger partial charge in [-0.15, -0.1) is 0 Å². The molecule has 4 aromatic rings. The lowest BCUT2D eigenvalue weighted by Gasteiger charge is -2.29. The van der Waals surface area contributed by atoms with Gasteiger partial charge in [-0.05, 0) is 55.2 Å². The van der Waals surface area contributed by atoms with E-state index in [4.69, 9.17) is 28.3 Å². The number of anilines is 2. The molecule has 0 saturated carbocycles. The van der Waals surface area contributed by atoms with Gasteiger partial charge in [-0.1, -0.05) is 55.3 Å². The van der Waals surface area contributed by atoms with Gasteiger partial charge in [0.25, 0.3) is 5.91 Å². The molecule has 1 aliphatic rings. The molecule has 214 valence electrons. The number of nitrogens with one attached hydrogen (secondary N) is 1. The van der Waals surface area contributed by atoms with Gasteiger partial charge < -0.3 is 5.32 Å². The van der Waals surface area contributed by atoms with Crippen LogP contribution in [0.1, 0.15) is 71.2 Å². The average Bonchev–Trinajstić information content (AvgIpc) is 3.61. The Morgan fingerprint density at radius 1 is 1.26 bits per heavy atom. The zero-order chi connectivity index (χ0) is 30.3. The molecule has 1 unspecified atom stereocenters. The molecule has 0 saturated heterocycles.